The molecule has 0 amide bonds. The van der Waals surface area contributed by atoms with Crippen molar-refractivity contribution < 1.29 is 4.74 Å². The second-order valence-corrected chi connectivity index (χ2v) is 5.76. The molecule has 0 bridgehead atoms. The van der Waals surface area contributed by atoms with Gasteiger partial charge in [0.2, 0.25) is 11.8 Å². The molecule has 2 heterocycles. The number of nitriles is 1. The summed E-state index contributed by atoms with van der Waals surface area (Å²) in [5.41, 5.74) is 1.46. The van der Waals surface area contributed by atoms with Crippen LogP contribution in [0.3, 0.4) is 0 Å². The Hall–Kier alpha value is -3.11. The highest BCUT2D eigenvalue weighted by Crippen LogP contribution is 2.19. The van der Waals surface area contributed by atoms with E-state index in [1.54, 1.807) is 29.8 Å². The zero-order valence-electron chi connectivity index (χ0n) is 13.6. The lowest BCUT2D eigenvalue weighted by Gasteiger charge is -2.10. The molecule has 0 aliphatic heterocycles. The van der Waals surface area contributed by atoms with Gasteiger partial charge >= 0.3 is 0 Å². The normalized spacial score (nSPS) is 10.5. The molecule has 3 rings (SSSR count). The number of benzene rings is 1. The van der Waals surface area contributed by atoms with Crippen molar-refractivity contribution >= 4 is 28.5 Å². The number of methoxy groups -OCH3 is 1. The molecule has 0 aliphatic carbocycles. The Morgan fingerprint density at radius 3 is 2.92 bits per heavy atom. The van der Waals surface area contributed by atoms with Crippen LogP contribution in [0.25, 0.3) is 10.9 Å². The molecular weight excluding hydrogens is 342 g/mol. The fourth-order valence-electron chi connectivity index (χ4n) is 2.51. The third kappa shape index (κ3) is 3.25. The van der Waals surface area contributed by atoms with Crippen LogP contribution in [-0.2, 0) is 13.6 Å². The quantitative estimate of drug-likeness (QED) is 0.772. The number of hydrogen-bond acceptors (Lipinski definition) is 6. The molecule has 0 spiro atoms. The van der Waals surface area contributed by atoms with Gasteiger partial charge < -0.3 is 14.6 Å². The summed E-state index contributed by atoms with van der Waals surface area (Å²) in [7, 11) is 3.14. The topological polar surface area (TPSA) is 92.8 Å². The predicted octanol–water partition coefficient (Wildman–Crippen LogP) is 2.47. The second-order valence-electron chi connectivity index (χ2n) is 5.32. The number of fused-ring (bicyclic) bond motifs is 1. The van der Waals surface area contributed by atoms with E-state index < -0.39 is 0 Å². The monoisotopic (exact) mass is 355 g/mol. The van der Waals surface area contributed by atoms with Gasteiger partial charge in [-0.1, -0.05) is 11.6 Å². The first-order valence-corrected chi connectivity index (χ1v) is 7.74. The zero-order valence-corrected chi connectivity index (χ0v) is 14.3. The second kappa shape index (κ2) is 6.79. The van der Waals surface area contributed by atoms with E-state index in [9.17, 15) is 4.79 Å². The first-order valence-electron chi connectivity index (χ1n) is 7.36. The molecule has 0 atom stereocenters. The van der Waals surface area contributed by atoms with E-state index in [1.165, 1.54) is 13.3 Å². The number of nitrogens with zero attached hydrogens (tertiary/aromatic N) is 4. The SMILES string of the molecule is COc1nc(NCc2cc3cc(Cl)ccc3n(C)c2=O)ncc1C#N. The summed E-state index contributed by atoms with van der Waals surface area (Å²) in [4.78, 5) is 20.6. The third-order valence-electron chi connectivity index (χ3n) is 3.76. The summed E-state index contributed by atoms with van der Waals surface area (Å²) in [6, 6.07) is 9.10. The summed E-state index contributed by atoms with van der Waals surface area (Å²) >= 11 is 6.03. The maximum atomic E-state index is 12.5. The standard InChI is InChI=1S/C17H14ClN5O2/c1-23-14-4-3-13(18)6-10(14)5-11(16(23)24)8-20-17-21-9-12(7-19)15(22-17)25-2/h3-6,9H,8H2,1-2H3,(H,20,21,22). The van der Waals surface area contributed by atoms with Gasteiger partial charge in [0, 0.05) is 29.6 Å². The largest absolute Gasteiger partial charge is 0.480 e. The van der Waals surface area contributed by atoms with Gasteiger partial charge in [0.05, 0.1) is 18.8 Å². The number of anilines is 1. The summed E-state index contributed by atoms with van der Waals surface area (Å²) < 4.78 is 6.62. The highest BCUT2D eigenvalue weighted by atomic mass is 35.5. The molecule has 3 aromatic rings. The number of aryl methyl sites for hydroxylation is 1. The third-order valence-corrected chi connectivity index (χ3v) is 4.00. The number of aromatic nitrogens is 3. The summed E-state index contributed by atoms with van der Waals surface area (Å²) in [5.74, 6) is 0.447. The maximum Gasteiger partial charge on any atom is 0.255 e. The van der Waals surface area contributed by atoms with Crippen molar-refractivity contribution in [2.45, 2.75) is 6.54 Å². The fraction of sp³-hybridized carbons (Fsp3) is 0.176. The molecule has 0 unspecified atom stereocenters. The highest BCUT2D eigenvalue weighted by Gasteiger charge is 2.10. The molecule has 1 aromatic carbocycles. The lowest BCUT2D eigenvalue weighted by Crippen LogP contribution is -2.23. The van der Waals surface area contributed by atoms with Crippen molar-refractivity contribution in [3.05, 3.63) is 57.0 Å². The summed E-state index contributed by atoms with van der Waals surface area (Å²) in [6.45, 7) is 0.226. The van der Waals surface area contributed by atoms with Crippen molar-refractivity contribution in [3.63, 3.8) is 0 Å². The Kier molecular flexibility index (Phi) is 4.55. The Labute approximate surface area is 148 Å². The minimum Gasteiger partial charge on any atom is -0.480 e. The first-order chi connectivity index (χ1) is 12.0. The van der Waals surface area contributed by atoms with Crippen LogP contribution in [0.1, 0.15) is 11.1 Å². The number of pyridine rings is 1. The summed E-state index contributed by atoms with van der Waals surface area (Å²) in [6.07, 6.45) is 1.37. The molecule has 8 heteroatoms. The van der Waals surface area contributed by atoms with Crippen LogP contribution < -0.4 is 15.6 Å². The Bertz CT molecular complexity index is 1060. The van der Waals surface area contributed by atoms with Gasteiger partial charge in [-0.2, -0.15) is 10.2 Å². The molecule has 0 saturated heterocycles. The van der Waals surface area contributed by atoms with Gasteiger partial charge in [-0.05, 0) is 24.3 Å². The molecule has 126 valence electrons. The molecule has 2 aromatic heterocycles. The Balaban J connectivity index is 1.92. The average Bonchev–Trinajstić information content (AvgIpc) is 2.63. The van der Waals surface area contributed by atoms with Crippen LogP contribution in [0.15, 0.2) is 35.3 Å². The van der Waals surface area contributed by atoms with Crippen molar-refractivity contribution in [3.8, 4) is 11.9 Å². The van der Waals surface area contributed by atoms with Gasteiger partial charge in [0.1, 0.15) is 11.6 Å². The number of hydrogen-bond donors (Lipinski definition) is 1. The van der Waals surface area contributed by atoms with Gasteiger partial charge in [-0.15, -0.1) is 0 Å². The lowest BCUT2D eigenvalue weighted by atomic mass is 10.1. The number of nitrogens with one attached hydrogen (secondary N) is 1. The minimum atomic E-state index is -0.122. The van der Waals surface area contributed by atoms with E-state index in [2.05, 4.69) is 15.3 Å². The van der Waals surface area contributed by atoms with E-state index in [0.29, 0.717) is 10.6 Å². The molecule has 0 radical (unpaired) electrons. The lowest BCUT2D eigenvalue weighted by molar-refractivity contribution is 0.396. The predicted molar refractivity (Wildman–Crippen MR) is 94.8 cm³/mol. The van der Waals surface area contributed by atoms with Crippen LogP contribution in [-0.4, -0.2) is 21.6 Å². The molecule has 0 aliphatic rings. The average molecular weight is 356 g/mol. The van der Waals surface area contributed by atoms with E-state index in [0.717, 1.165) is 10.9 Å². The van der Waals surface area contributed by atoms with Crippen molar-refractivity contribution in [2.75, 3.05) is 12.4 Å². The Morgan fingerprint density at radius 1 is 1.40 bits per heavy atom. The smallest absolute Gasteiger partial charge is 0.255 e. The van der Waals surface area contributed by atoms with Crippen LogP contribution in [0.5, 0.6) is 5.88 Å². The van der Waals surface area contributed by atoms with Gasteiger partial charge in [0.25, 0.3) is 5.56 Å². The van der Waals surface area contributed by atoms with Gasteiger partial charge in [0.15, 0.2) is 0 Å². The summed E-state index contributed by atoms with van der Waals surface area (Å²) in [5, 5.41) is 13.4. The van der Waals surface area contributed by atoms with E-state index in [-0.39, 0.29) is 29.5 Å². The van der Waals surface area contributed by atoms with Gasteiger partial charge in [-0.25, -0.2) is 4.98 Å². The number of rotatable bonds is 4. The molecule has 25 heavy (non-hydrogen) atoms. The minimum absolute atomic E-state index is 0.122. The van der Waals surface area contributed by atoms with E-state index >= 15 is 0 Å². The van der Waals surface area contributed by atoms with E-state index in [1.807, 2.05) is 12.1 Å². The van der Waals surface area contributed by atoms with Crippen LogP contribution >= 0.6 is 11.6 Å². The van der Waals surface area contributed by atoms with Crippen molar-refractivity contribution in [1.29, 1.82) is 5.26 Å². The Morgan fingerprint density at radius 2 is 2.20 bits per heavy atom. The molecule has 7 nitrogen and oxygen atoms in total. The molecule has 0 saturated carbocycles. The fourth-order valence-corrected chi connectivity index (χ4v) is 2.69. The van der Waals surface area contributed by atoms with Crippen molar-refractivity contribution in [2.24, 2.45) is 7.05 Å². The van der Waals surface area contributed by atoms with Crippen molar-refractivity contribution in [1.82, 2.24) is 14.5 Å². The highest BCUT2D eigenvalue weighted by molar-refractivity contribution is 6.31. The molecule has 1 N–H and O–H groups in total. The number of ether oxygens (including phenoxy) is 1. The van der Waals surface area contributed by atoms with Gasteiger partial charge in [-0.3, -0.25) is 4.79 Å². The van der Waals surface area contributed by atoms with Crippen LogP contribution in [0.4, 0.5) is 5.95 Å². The first kappa shape index (κ1) is 16.7. The molecular formula is C17H14ClN5O2. The zero-order chi connectivity index (χ0) is 18.0. The maximum absolute atomic E-state index is 12.5. The van der Waals surface area contributed by atoms with Crippen LogP contribution in [0, 0.1) is 11.3 Å². The molecule has 0 fully saturated rings. The van der Waals surface area contributed by atoms with E-state index in [4.69, 9.17) is 21.6 Å². The van der Waals surface area contributed by atoms with Crippen LogP contribution in [0.2, 0.25) is 5.02 Å². The number of halogens is 1.